The molecule has 1 unspecified atom stereocenters. The average Bonchev–Trinajstić information content (AvgIpc) is 2.22. The normalized spacial score (nSPS) is 23.9. The van der Waals surface area contributed by atoms with Crippen LogP contribution in [0.2, 0.25) is 5.02 Å². The fourth-order valence-corrected chi connectivity index (χ4v) is 2.34. The van der Waals surface area contributed by atoms with Crippen molar-refractivity contribution in [3.63, 3.8) is 0 Å². The first-order valence-corrected chi connectivity index (χ1v) is 5.78. The van der Waals surface area contributed by atoms with Gasteiger partial charge >= 0.3 is 0 Å². The second-order valence-electron chi connectivity index (χ2n) is 2.83. The first kappa shape index (κ1) is 10.9. The maximum atomic E-state index is 6.20. The standard InChI is InChI=1S/C10H7Cl2N2S/c11-8-2-4-9(5-3-8)15-10(12)13-6-1-7-14-10/h2-7,13H. The minimum Gasteiger partial charge on any atom is -0.345 e. The van der Waals surface area contributed by atoms with Gasteiger partial charge in [0.25, 0.3) is 4.45 Å². The predicted molar refractivity (Wildman–Crippen MR) is 65.3 cm³/mol. The Morgan fingerprint density at radius 2 is 2.07 bits per heavy atom. The van der Waals surface area contributed by atoms with E-state index in [0.717, 1.165) is 4.90 Å². The second kappa shape index (κ2) is 4.47. The molecule has 0 amide bonds. The van der Waals surface area contributed by atoms with Gasteiger partial charge in [0.15, 0.2) is 0 Å². The molecular formula is C10H7Cl2N2S. The number of thioether (sulfide) groups is 1. The molecule has 1 aromatic carbocycles. The molecule has 0 aliphatic carbocycles. The molecule has 77 valence electrons. The highest BCUT2D eigenvalue weighted by molar-refractivity contribution is 8.01. The van der Waals surface area contributed by atoms with Gasteiger partial charge in [-0.25, -0.2) is 4.99 Å². The summed E-state index contributed by atoms with van der Waals surface area (Å²) in [4.78, 5) is 5.09. The molecule has 1 radical (unpaired) electrons. The Morgan fingerprint density at radius 3 is 2.67 bits per heavy atom. The van der Waals surface area contributed by atoms with Crippen LogP contribution in [0, 0.1) is 6.08 Å². The molecule has 0 bridgehead atoms. The van der Waals surface area contributed by atoms with Crippen LogP contribution in [0.1, 0.15) is 0 Å². The lowest BCUT2D eigenvalue weighted by Crippen LogP contribution is -2.32. The highest BCUT2D eigenvalue weighted by Crippen LogP contribution is 2.36. The number of aliphatic imine (C=N–C) groups is 1. The van der Waals surface area contributed by atoms with Gasteiger partial charge in [0.1, 0.15) is 0 Å². The molecule has 0 fully saturated rings. The van der Waals surface area contributed by atoms with E-state index in [0.29, 0.717) is 5.02 Å². The molecule has 5 heteroatoms. The van der Waals surface area contributed by atoms with Crippen molar-refractivity contribution < 1.29 is 0 Å². The monoisotopic (exact) mass is 257 g/mol. The Balaban J connectivity index is 2.11. The smallest absolute Gasteiger partial charge is 0.259 e. The summed E-state index contributed by atoms with van der Waals surface area (Å²) in [5.74, 6) is 0. The van der Waals surface area contributed by atoms with E-state index < -0.39 is 4.45 Å². The summed E-state index contributed by atoms with van der Waals surface area (Å²) in [6.07, 6.45) is 5.98. The summed E-state index contributed by atoms with van der Waals surface area (Å²) in [7, 11) is 0. The van der Waals surface area contributed by atoms with Crippen LogP contribution in [0.15, 0.2) is 40.4 Å². The number of rotatable bonds is 2. The third-order valence-corrected chi connectivity index (χ3v) is 3.40. The van der Waals surface area contributed by atoms with Crippen LogP contribution < -0.4 is 5.32 Å². The maximum absolute atomic E-state index is 6.20. The minimum absolute atomic E-state index is 0.705. The fourth-order valence-electron chi connectivity index (χ4n) is 1.04. The van der Waals surface area contributed by atoms with Gasteiger partial charge in [0.2, 0.25) is 0 Å². The molecular weight excluding hydrogens is 251 g/mol. The van der Waals surface area contributed by atoms with E-state index in [-0.39, 0.29) is 0 Å². The Hall–Kier alpha value is -0.640. The second-order valence-corrected chi connectivity index (χ2v) is 5.30. The van der Waals surface area contributed by atoms with Crippen LogP contribution in [0.3, 0.4) is 0 Å². The molecule has 1 aliphatic heterocycles. The van der Waals surface area contributed by atoms with Crippen LogP contribution in [-0.4, -0.2) is 10.7 Å². The SMILES string of the molecule is Clc1ccc(SC2(Cl)N=C[C]=CN2)cc1. The molecule has 2 nitrogen and oxygen atoms in total. The van der Waals surface area contributed by atoms with E-state index in [1.165, 1.54) is 11.8 Å². The van der Waals surface area contributed by atoms with Crippen molar-refractivity contribution in [1.82, 2.24) is 5.32 Å². The first-order valence-electron chi connectivity index (χ1n) is 4.21. The number of halogens is 2. The molecule has 0 aromatic heterocycles. The number of hydrogen-bond acceptors (Lipinski definition) is 3. The van der Waals surface area contributed by atoms with Gasteiger partial charge in [-0.15, -0.1) is 0 Å². The molecule has 0 saturated carbocycles. The van der Waals surface area contributed by atoms with E-state index >= 15 is 0 Å². The van der Waals surface area contributed by atoms with Crippen LogP contribution >= 0.6 is 35.0 Å². The highest BCUT2D eigenvalue weighted by atomic mass is 35.5. The highest BCUT2D eigenvalue weighted by Gasteiger charge is 2.26. The van der Waals surface area contributed by atoms with Gasteiger partial charge < -0.3 is 5.32 Å². The fraction of sp³-hybridized carbons (Fsp3) is 0.100. The predicted octanol–water partition coefficient (Wildman–Crippen LogP) is 3.27. The molecule has 0 saturated heterocycles. The lowest BCUT2D eigenvalue weighted by atomic mass is 10.4. The van der Waals surface area contributed by atoms with Gasteiger partial charge in [0.05, 0.1) is 0 Å². The van der Waals surface area contributed by atoms with E-state index in [9.17, 15) is 0 Å². The number of benzene rings is 1. The van der Waals surface area contributed by atoms with Gasteiger partial charge in [0, 0.05) is 28.4 Å². The molecule has 0 spiro atoms. The van der Waals surface area contributed by atoms with Crippen LogP contribution in [0.5, 0.6) is 0 Å². The topological polar surface area (TPSA) is 24.4 Å². The van der Waals surface area contributed by atoms with Gasteiger partial charge in [-0.3, -0.25) is 0 Å². The van der Waals surface area contributed by atoms with E-state index in [2.05, 4.69) is 16.4 Å². The van der Waals surface area contributed by atoms with E-state index in [1.807, 2.05) is 24.3 Å². The number of nitrogens with one attached hydrogen (secondary N) is 1. The summed E-state index contributed by atoms with van der Waals surface area (Å²) in [5.41, 5.74) is 0. The number of allylic oxidation sites excluding steroid dienone is 1. The zero-order valence-corrected chi connectivity index (χ0v) is 9.90. The number of nitrogens with zero attached hydrogens (tertiary/aromatic N) is 1. The lowest BCUT2D eigenvalue weighted by molar-refractivity contribution is 0.743. The van der Waals surface area contributed by atoms with E-state index in [1.54, 1.807) is 12.4 Å². The molecule has 1 atom stereocenters. The van der Waals surface area contributed by atoms with Crippen molar-refractivity contribution >= 4 is 41.2 Å². The largest absolute Gasteiger partial charge is 0.345 e. The summed E-state index contributed by atoms with van der Waals surface area (Å²) in [6.45, 7) is 0. The number of hydrogen-bond donors (Lipinski definition) is 1. The van der Waals surface area contributed by atoms with Gasteiger partial charge in [-0.2, -0.15) is 0 Å². The van der Waals surface area contributed by atoms with Gasteiger partial charge in [-0.1, -0.05) is 35.0 Å². The van der Waals surface area contributed by atoms with Crippen molar-refractivity contribution in [3.05, 3.63) is 41.6 Å². The van der Waals surface area contributed by atoms with Crippen molar-refractivity contribution in [1.29, 1.82) is 0 Å². The summed E-state index contributed by atoms with van der Waals surface area (Å²) < 4.78 is -0.876. The van der Waals surface area contributed by atoms with Crippen LogP contribution in [0.4, 0.5) is 0 Å². The Labute approximate surface area is 102 Å². The Kier molecular flexibility index (Phi) is 3.24. The summed E-state index contributed by atoms with van der Waals surface area (Å²) >= 11 is 13.4. The molecule has 2 rings (SSSR count). The zero-order chi connectivity index (χ0) is 10.7. The van der Waals surface area contributed by atoms with Crippen molar-refractivity contribution in [2.45, 2.75) is 9.35 Å². The van der Waals surface area contributed by atoms with E-state index in [4.69, 9.17) is 23.2 Å². The Bertz CT molecular complexity index is 402. The molecule has 1 heterocycles. The lowest BCUT2D eigenvalue weighted by Gasteiger charge is -2.23. The maximum Gasteiger partial charge on any atom is 0.259 e. The van der Waals surface area contributed by atoms with Gasteiger partial charge in [-0.05, 0) is 24.3 Å². The van der Waals surface area contributed by atoms with Crippen LogP contribution in [0.25, 0.3) is 0 Å². The Morgan fingerprint density at radius 1 is 1.33 bits per heavy atom. The molecule has 15 heavy (non-hydrogen) atoms. The average molecular weight is 258 g/mol. The minimum atomic E-state index is -0.876. The molecule has 1 aliphatic rings. The zero-order valence-electron chi connectivity index (χ0n) is 7.58. The summed E-state index contributed by atoms with van der Waals surface area (Å²) in [5, 5.41) is 3.62. The van der Waals surface area contributed by atoms with Crippen molar-refractivity contribution in [3.8, 4) is 0 Å². The quantitative estimate of drug-likeness (QED) is 0.650. The van der Waals surface area contributed by atoms with Crippen molar-refractivity contribution in [2.75, 3.05) is 0 Å². The number of alkyl halides is 1. The molecule has 1 aromatic rings. The summed E-state index contributed by atoms with van der Waals surface area (Å²) in [6, 6.07) is 7.43. The molecule has 1 N–H and O–H groups in total. The third kappa shape index (κ3) is 2.91. The van der Waals surface area contributed by atoms with Crippen LogP contribution in [-0.2, 0) is 0 Å². The first-order chi connectivity index (χ1) is 7.18. The van der Waals surface area contributed by atoms with Crippen molar-refractivity contribution in [2.24, 2.45) is 4.99 Å². The third-order valence-electron chi connectivity index (χ3n) is 1.71.